The zero-order chi connectivity index (χ0) is 15.2. The van der Waals surface area contributed by atoms with Crippen LogP contribution in [0.5, 0.6) is 0 Å². The second kappa shape index (κ2) is 36.0. The van der Waals surface area contributed by atoms with E-state index in [4.69, 9.17) is 0 Å². The molecule has 0 aliphatic rings. The maximum absolute atomic E-state index is 3.48. The number of thioether (sulfide) groups is 1. The Hall–Kier alpha value is -0.470. The number of nitrogens with zero attached hydrogens (tertiary/aromatic N) is 1. The van der Waals surface area contributed by atoms with E-state index in [0.29, 0.717) is 0 Å². The van der Waals surface area contributed by atoms with Crippen LogP contribution in [0.1, 0.15) is 34.1 Å². The summed E-state index contributed by atoms with van der Waals surface area (Å²) < 4.78 is 0. The van der Waals surface area contributed by atoms with Crippen LogP contribution in [-0.4, -0.2) is 37.0 Å². The number of allylic oxidation sites excluding steroid dienone is 3. The molecule has 0 rings (SSSR count). The molecule has 0 amide bonds. The van der Waals surface area contributed by atoms with E-state index in [2.05, 4.69) is 66.4 Å². The van der Waals surface area contributed by atoms with Crippen molar-refractivity contribution >= 4 is 11.8 Å². The van der Waals surface area contributed by atoms with E-state index >= 15 is 0 Å². The number of hydrogen-bond acceptors (Lipinski definition) is 2. The van der Waals surface area contributed by atoms with Crippen molar-refractivity contribution in [3.8, 4) is 0 Å². The summed E-state index contributed by atoms with van der Waals surface area (Å²) in [6.45, 7) is 19.9. The van der Waals surface area contributed by atoms with Crippen LogP contribution in [0.3, 0.4) is 0 Å². The first-order chi connectivity index (χ1) is 8.51. The van der Waals surface area contributed by atoms with Crippen molar-refractivity contribution in [2.24, 2.45) is 0 Å². The predicted molar refractivity (Wildman–Crippen MR) is 93.8 cm³/mol. The summed E-state index contributed by atoms with van der Waals surface area (Å²) in [6.07, 6.45) is 6.24. The summed E-state index contributed by atoms with van der Waals surface area (Å²) in [7, 11) is 4.11. The van der Waals surface area contributed by atoms with Crippen molar-refractivity contribution in [1.29, 1.82) is 0 Å². The van der Waals surface area contributed by atoms with E-state index in [-0.39, 0.29) is 0 Å². The van der Waals surface area contributed by atoms with E-state index in [1.807, 2.05) is 17.8 Å². The quantitative estimate of drug-likeness (QED) is 0.496. The molecule has 0 saturated carbocycles. The van der Waals surface area contributed by atoms with Gasteiger partial charge in [0.25, 0.3) is 0 Å². The molecule has 0 aromatic rings. The van der Waals surface area contributed by atoms with Gasteiger partial charge in [0.1, 0.15) is 0 Å². The van der Waals surface area contributed by atoms with Gasteiger partial charge in [-0.15, -0.1) is 6.58 Å². The number of rotatable bonds is 5. The van der Waals surface area contributed by atoms with E-state index in [0.717, 1.165) is 13.0 Å². The highest BCUT2D eigenvalue weighted by atomic mass is 32.2. The largest absolute Gasteiger partial charge is 0.310 e. The lowest BCUT2D eigenvalue weighted by Gasteiger charge is -2.00. The standard InChI is InChI=1S/C4H11N.C4H10S.C4H8.C4H6/c1-4-5(2)3;1-3-5-4-2;2*1-3-4-2/h4H2,1-3H3;3-4H2,1-2H3;3H,1,4H2,2H3;3-4H,1-2H2. The fourth-order valence-electron chi connectivity index (χ4n) is 0.204. The smallest absolute Gasteiger partial charge is 0.00533 e. The van der Waals surface area contributed by atoms with Crippen LogP contribution in [0.4, 0.5) is 0 Å². The van der Waals surface area contributed by atoms with Gasteiger partial charge in [0.05, 0.1) is 0 Å². The molecule has 110 valence electrons. The predicted octanol–water partition coefficient (Wildman–Crippen LogP) is 5.27. The maximum Gasteiger partial charge on any atom is -0.00533 e. The Morgan fingerprint density at radius 1 is 0.889 bits per heavy atom. The van der Waals surface area contributed by atoms with Gasteiger partial charge >= 0.3 is 0 Å². The van der Waals surface area contributed by atoms with Gasteiger partial charge in [-0.1, -0.05) is 59.1 Å². The van der Waals surface area contributed by atoms with Crippen LogP contribution < -0.4 is 0 Å². The van der Waals surface area contributed by atoms with Crippen LogP contribution in [0, 0.1) is 0 Å². The Morgan fingerprint density at radius 3 is 1.17 bits per heavy atom. The van der Waals surface area contributed by atoms with Crippen molar-refractivity contribution in [2.75, 3.05) is 32.1 Å². The van der Waals surface area contributed by atoms with Crippen molar-refractivity contribution in [3.05, 3.63) is 38.0 Å². The molecule has 0 aromatic heterocycles. The number of hydrogen-bond donors (Lipinski definition) is 0. The summed E-state index contributed by atoms with van der Waals surface area (Å²) in [6, 6.07) is 0. The first kappa shape index (κ1) is 26.2. The van der Waals surface area contributed by atoms with E-state index in [1.165, 1.54) is 11.5 Å². The Labute approximate surface area is 121 Å². The molecule has 18 heavy (non-hydrogen) atoms. The maximum atomic E-state index is 3.48. The molecule has 2 heteroatoms. The van der Waals surface area contributed by atoms with Crippen molar-refractivity contribution in [2.45, 2.75) is 34.1 Å². The average molecular weight is 274 g/mol. The Kier molecular flexibility index (Phi) is 52.3. The second-order valence-corrected chi connectivity index (χ2v) is 4.91. The molecular weight excluding hydrogens is 238 g/mol. The minimum atomic E-state index is 1.08. The molecule has 0 atom stereocenters. The van der Waals surface area contributed by atoms with Gasteiger partial charge in [-0.25, -0.2) is 0 Å². The lowest BCUT2D eigenvalue weighted by Crippen LogP contribution is -2.08. The first-order valence-corrected chi connectivity index (χ1v) is 7.74. The van der Waals surface area contributed by atoms with Crippen LogP contribution >= 0.6 is 11.8 Å². The summed E-state index contributed by atoms with van der Waals surface area (Å²) in [5.74, 6) is 2.52. The zero-order valence-corrected chi connectivity index (χ0v) is 14.4. The molecule has 0 fully saturated rings. The van der Waals surface area contributed by atoms with Crippen molar-refractivity contribution < 1.29 is 0 Å². The van der Waals surface area contributed by atoms with Crippen molar-refractivity contribution in [3.63, 3.8) is 0 Å². The molecule has 0 heterocycles. The molecular formula is C16H35NS. The third-order valence-corrected chi connectivity index (χ3v) is 2.31. The average Bonchev–Trinajstić information content (AvgIpc) is 2.40. The van der Waals surface area contributed by atoms with Crippen molar-refractivity contribution in [1.82, 2.24) is 4.90 Å². The molecule has 0 spiro atoms. The summed E-state index contributed by atoms with van der Waals surface area (Å²) >= 11 is 1.96. The lowest BCUT2D eigenvalue weighted by atomic mass is 10.5. The molecule has 0 N–H and O–H groups in total. The third-order valence-electron chi connectivity index (χ3n) is 1.50. The van der Waals surface area contributed by atoms with Crippen LogP contribution in [0.25, 0.3) is 0 Å². The van der Waals surface area contributed by atoms with E-state index < -0.39 is 0 Å². The minimum absolute atomic E-state index is 1.08. The van der Waals surface area contributed by atoms with Crippen LogP contribution in [0.2, 0.25) is 0 Å². The van der Waals surface area contributed by atoms with Gasteiger partial charge < -0.3 is 4.90 Å². The Balaban J connectivity index is -0.0000000731. The summed E-state index contributed by atoms with van der Waals surface area (Å²) in [4.78, 5) is 2.12. The third kappa shape index (κ3) is 107. The second-order valence-electron chi connectivity index (χ2n) is 3.35. The first-order valence-electron chi connectivity index (χ1n) is 6.58. The van der Waals surface area contributed by atoms with Crippen LogP contribution in [0.15, 0.2) is 38.0 Å². The van der Waals surface area contributed by atoms with Gasteiger partial charge in [-0.05, 0) is 38.6 Å². The highest BCUT2D eigenvalue weighted by Crippen LogP contribution is 1.93. The monoisotopic (exact) mass is 273 g/mol. The van der Waals surface area contributed by atoms with Crippen LogP contribution in [-0.2, 0) is 0 Å². The molecule has 0 saturated heterocycles. The van der Waals surface area contributed by atoms with Gasteiger partial charge in [0.2, 0.25) is 0 Å². The molecule has 0 unspecified atom stereocenters. The molecule has 0 radical (unpaired) electrons. The van der Waals surface area contributed by atoms with Gasteiger partial charge in [0, 0.05) is 0 Å². The summed E-state index contributed by atoms with van der Waals surface area (Å²) in [5, 5.41) is 0. The minimum Gasteiger partial charge on any atom is -0.310 e. The molecule has 0 aliphatic heterocycles. The van der Waals surface area contributed by atoms with Gasteiger partial charge in [-0.3, -0.25) is 0 Å². The molecule has 1 nitrogen and oxygen atoms in total. The zero-order valence-electron chi connectivity index (χ0n) is 13.5. The lowest BCUT2D eigenvalue weighted by molar-refractivity contribution is 0.434. The highest BCUT2D eigenvalue weighted by molar-refractivity contribution is 7.99. The fraction of sp³-hybridized carbons (Fsp3) is 0.625. The molecule has 0 bridgehead atoms. The Morgan fingerprint density at radius 2 is 1.17 bits per heavy atom. The fourth-order valence-corrected chi connectivity index (χ4v) is 0.612. The van der Waals surface area contributed by atoms with E-state index in [9.17, 15) is 0 Å². The highest BCUT2D eigenvalue weighted by Gasteiger charge is 1.72. The van der Waals surface area contributed by atoms with Gasteiger partial charge in [0.15, 0.2) is 0 Å². The van der Waals surface area contributed by atoms with Gasteiger partial charge in [-0.2, -0.15) is 11.8 Å². The summed E-state index contributed by atoms with van der Waals surface area (Å²) in [5.41, 5.74) is 0. The topological polar surface area (TPSA) is 3.24 Å². The molecule has 0 aliphatic carbocycles. The Bertz CT molecular complexity index is 134. The molecule has 0 aromatic carbocycles. The normalized spacial score (nSPS) is 7.50. The van der Waals surface area contributed by atoms with E-state index in [1.54, 1.807) is 12.2 Å². The SMILES string of the molecule is C=CC=C.C=CCC.CCN(C)C.CCSCC.